The summed E-state index contributed by atoms with van der Waals surface area (Å²) >= 11 is 0. The number of para-hydroxylation sites is 2. The molecule has 1 aliphatic heterocycles. The van der Waals surface area contributed by atoms with Gasteiger partial charge >= 0.3 is 0 Å². The highest BCUT2D eigenvalue weighted by molar-refractivity contribution is 7.92. The maximum absolute atomic E-state index is 13.2. The summed E-state index contributed by atoms with van der Waals surface area (Å²) in [4.78, 5) is 12.4. The van der Waals surface area contributed by atoms with Crippen molar-refractivity contribution in [3.63, 3.8) is 0 Å². The van der Waals surface area contributed by atoms with Crippen molar-refractivity contribution < 1.29 is 17.9 Å². The lowest BCUT2D eigenvalue weighted by atomic mass is 10.2. The molecule has 0 radical (unpaired) electrons. The topological polar surface area (TPSA) is 99.5 Å². The van der Waals surface area contributed by atoms with E-state index in [-0.39, 0.29) is 22.9 Å². The van der Waals surface area contributed by atoms with Gasteiger partial charge in [0.25, 0.3) is 15.9 Å². The molecule has 140 valence electrons. The number of carbonyl (C=O) groups excluding carboxylic acids is 1. The van der Waals surface area contributed by atoms with E-state index in [0.29, 0.717) is 18.0 Å². The van der Waals surface area contributed by atoms with Gasteiger partial charge in [0.15, 0.2) is 6.10 Å². The fourth-order valence-corrected chi connectivity index (χ4v) is 4.30. The number of hydrogen-bond acceptors (Lipinski definition) is 5. The van der Waals surface area contributed by atoms with Crippen molar-refractivity contribution in [3.05, 3.63) is 54.1 Å². The van der Waals surface area contributed by atoms with E-state index in [1.807, 2.05) is 13.0 Å². The van der Waals surface area contributed by atoms with Crippen LogP contribution in [0.5, 0.6) is 5.75 Å². The zero-order valence-corrected chi connectivity index (χ0v) is 15.6. The first kappa shape index (κ1) is 18.7. The van der Waals surface area contributed by atoms with Gasteiger partial charge in [0.1, 0.15) is 5.75 Å². The zero-order chi connectivity index (χ0) is 19.4. The van der Waals surface area contributed by atoms with Crippen molar-refractivity contribution in [3.8, 4) is 11.8 Å². The van der Waals surface area contributed by atoms with Gasteiger partial charge in [-0.15, -0.1) is 0 Å². The quantitative estimate of drug-likeness (QED) is 0.849. The van der Waals surface area contributed by atoms with E-state index >= 15 is 0 Å². The Hall–Kier alpha value is -3.05. The van der Waals surface area contributed by atoms with Crippen molar-refractivity contribution in [1.29, 1.82) is 5.26 Å². The van der Waals surface area contributed by atoms with Crippen LogP contribution in [0.15, 0.2) is 53.4 Å². The highest BCUT2D eigenvalue weighted by Gasteiger charge is 2.37. The predicted octanol–water partition coefficient (Wildman–Crippen LogP) is 2.04. The minimum atomic E-state index is -3.97. The van der Waals surface area contributed by atoms with Gasteiger partial charge in [-0.2, -0.15) is 5.26 Å². The van der Waals surface area contributed by atoms with Gasteiger partial charge in [0, 0.05) is 6.54 Å². The molecule has 7 nitrogen and oxygen atoms in total. The monoisotopic (exact) mass is 385 g/mol. The second kappa shape index (κ2) is 7.68. The number of rotatable bonds is 5. The molecule has 0 fully saturated rings. The average Bonchev–Trinajstić information content (AvgIpc) is 2.71. The summed E-state index contributed by atoms with van der Waals surface area (Å²) in [5.74, 6) is -0.0438. The van der Waals surface area contributed by atoms with Gasteiger partial charge in [0.2, 0.25) is 0 Å². The van der Waals surface area contributed by atoms with Crippen LogP contribution < -0.4 is 14.4 Å². The minimum Gasteiger partial charge on any atom is -0.476 e. The summed E-state index contributed by atoms with van der Waals surface area (Å²) in [7, 11) is -3.97. The molecule has 27 heavy (non-hydrogen) atoms. The Morgan fingerprint density at radius 2 is 2.07 bits per heavy atom. The van der Waals surface area contributed by atoms with E-state index in [1.165, 1.54) is 28.6 Å². The van der Waals surface area contributed by atoms with Gasteiger partial charge in [0.05, 0.1) is 28.8 Å². The van der Waals surface area contributed by atoms with Crippen LogP contribution in [0, 0.1) is 11.3 Å². The second-order valence-corrected chi connectivity index (χ2v) is 7.90. The van der Waals surface area contributed by atoms with Crippen LogP contribution in [0.4, 0.5) is 5.69 Å². The van der Waals surface area contributed by atoms with E-state index in [9.17, 15) is 13.2 Å². The van der Waals surface area contributed by atoms with E-state index in [0.717, 1.165) is 6.42 Å². The van der Waals surface area contributed by atoms with Gasteiger partial charge in [-0.25, -0.2) is 8.42 Å². The normalized spacial score (nSPS) is 16.0. The van der Waals surface area contributed by atoms with Gasteiger partial charge < -0.3 is 10.1 Å². The van der Waals surface area contributed by atoms with Crippen molar-refractivity contribution >= 4 is 21.6 Å². The number of sulfonamides is 1. The lowest BCUT2D eigenvalue weighted by Gasteiger charge is -2.34. The number of nitrogens with zero attached hydrogens (tertiary/aromatic N) is 2. The zero-order valence-electron chi connectivity index (χ0n) is 14.8. The number of benzene rings is 2. The molecule has 3 rings (SSSR count). The molecule has 0 spiro atoms. The molecule has 1 unspecified atom stereocenters. The number of amides is 1. The molecule has 1 heterocycles. The van der Waals surface area contributed by atoms with E-state index < -0.39 is 16.1 Å². The molecular formula is C19H19N3O4S. The van der Waals surface area contributed by atoms with Crippen LogP contribution in [0.3, 0.4) is 0 Å². The maximum Gasteiger partial charge on any atom is 0.264 e. The Morgan fingerprint density at radius 3 is 2.81 bits per heavy atom. The van der Waals surface area contributed by atoms with E-state index in [1.54, 1.807) is 24.3 Å². The number of fused-ring (bicyclic) bond motifs is 1. The molecule has 2 aromatic carbocycles. The first-order valence-corrected chi connectivity index (χ1v) is 9.97. The third kappa shape index (κ3) is 3.73. The molecule has 1 aliphatic rings. The average molecular weight is 385 g/mol. The Bertz CT molecular complexity index is 998. The summed E-state index contributed by atoms with van der Waals surface area (Å²) in [6, 6.07) is 14.4. The summed E-state index contributed by atoms with van der Waals surface area (Å²) in [6.45, 7) is 2.26. The molecule has 0 aromatic heterocycles. The Balaban J connectivity index is 2.01. The van der Waals surface area contributed by atoms with Crippen LogP contribution in [0.1, 0.15) is 18.9 Å². The fourth-order valence-electron chi connectivity index (χ4n) is 2.78. The van der Waals surface area contributed by atoms with Crippen molar-refractivity contribution in [1.82, 2.24) is 5.32 Å². The van der Waals surface area contributed by atoms with Crippen LogP contribution in [0.2, 0.25) is 0 Å². The Morgan fingerprint density at radius 1 is 1.30 bits per heavy atom. The number of hydrogen-bond donors (Lipinski definition) is 1. The van der Waals surface area contributed by atoms with Crippen molar-refractivity contribution in [2.24, 2.45) is 0 Å². The lowest BCUT2D eigenvalue weighted by molar-refractivity contribution is -0.127. The molecule has 0 aliphatic carbocycles. The molecule has 0 saturated carbocycles. The Kier molecular flexibility index (Phi) is 5.33. The van der Waals surface area contributed by atoms with Crippen LogP contribution in [-0.4, -0.2) is 33.5 Å². The number of nitrogens with one attached hydrogen (secondary N) is 1. The number of nitriles is 1. The molecule has 0 saturated heterocycles. The van der Waals surface area contributed by atoms with Crippen LogP contribution in [0.25, 0.3) is 0 Å². The van der Waals surface area contributed by atoms with E-state index in [4.69, 9.17) is 10.00 Å². The standard InChI is InChI=1S/C19H19N3O4S/c1-2-10-21-19(23)18-13-22(16-8-3-4-9-17(16)26-18)27(24,25)15-7-5-6-14(11-15)12-20/h3-9,11,18H,2,10,13H2,1H3,(H,21,23). The highest BCUT2D eigenvalue weighted by atomic mass is 32.2. The largest absolute Gasteiger partial charge is 0.476 e. The lowest BCUT2D eigenvalue weighted by Crippen LogP contribution is -2.50. The molecular weight excluding hydrogens is 366 g/mol. The predicted molar refractivity (Wildman–Crippen MR) is 99.8 cm³/mol. The van der Waals surface area contributed by atoms with Crippen LogP contribution in [-0.2, 0) is 14.8 Å². The SMILES string of the molecule is CCCNC(=O)C1CN(S(=O)(=O)c2cccc(C#N)c2)c2ccccc2O1. The number of carbonyl (C=O) groups is 1. The first-order valence-electron chi connectivity index (χ1n) is 8.53. The summed E-state index contributed by atoms with van der Waals surface area (Å²) < 4.78 is 33.4. The van der Waals surface area contributed by atoms with Gasteiger partial charge in [-0.1, -0.05) is 25.1 Å². The smallest absolute Gasteiger partial charge is 0.264 e. The molecule has 1 atom stereocenters. The molecule has 1 N–H and O–H groups in total. The van der Waals surface area contributed by atoms with Crippen molar-refractivity contribution in [2.75, 3.05) is 17.4 Å². The Labute approximate surface area is 158 Å². The van der Waals surface area contributed by atoms with Crippen molar-refractivity contribution in [2.45, 2.75) is 24.3 Å². The third-order valence-corrected chi connectivity index (χ3v) is 5.90. The summed E-state index contributed by atoms with van der Waals surface area (Å²) in [5.41, 5.74) is 0.606. The maximum atomic E-state index is 13.2. The molecule has 1 amide bonds. The first-order chi connectivity index (χ1) is 13.0. The van der Waals surface area contributed by atoms with Crippen LogP contribution >= 0.6 is 0 Å². The summed E-state index contributed by atoms with van der Waals surface area (Å²) in [5, 5.41) is 11.8. The summed E-state index contributed by atoms with van der Waals surface area (Å²) in [6.07, 6.45) is -0.196. The fraction of sp³-hybridized carbons (Fsp3) is 0.263. The minimum absolute atomic E-state index is 0.00836. The van der Waals surface area contributed by atoms with E-state index in [2.05, 4.69) is 5.32 Å². The number of anilines is 1. The molecule has 2 aromatic rings. The second-order valence-electron chi connectivity index (χ2n) is 6.04. The molecule has 8 heteroatoms. The highest BCUT2D eigenvalue weighted by Crippen LogP contribution is 2.36. The van der Waals surface area contributed by atoms with Gasteiger partial charge in [-0.3, -0.25) is 9.10 Å². The van der Waals surface area contributed by atoms with Gasteiger partial charge in [-0.05, 0) is 36.8 Å². The number of ether oxygens (including phenoxy) is 1. The third-order valence-electron chi connectivity index (χ3n) is 4.13. The molecule has 0 bridgehead atoms.